The van der Waals surface area contributed by atoms with Crippen molar-refractivity contribution >= 4 is 0 Å². The number of nitrogens with zero attached hydrogens (tertiary/aromatic N) is 1. The second-order valence-corrected chi connectivity index (χ2v) is 6.21. The lowest BCUT2D eigenvalue weighted by atomic mass is 10.1. The summed E-state index contributed by atoms with van der Waals surface area (Å²) in [6, 6.07) is 4.98. The highest BCUT2D eigenvalue weighted by molar-refractivity contribution is 5.17. The van der Waals surface area contributed by atoms with Crippen molar-refractivity contribution in [1.29, 1.82) is 0 Å². The molecule has 3 nitrogen and oxygen atoms in total. The Kier molecular flexibility index (Phi) is 3.94. The van der Waals surface area contributed by atoms with Crippen LogP contribution in [0.25, 0.3) is 0 Å². The van der Waals surface area contributed by atoms with E-state index in [9.17, 15) is 0 Å². The molecule has 2 unspecified atom stereocenters. The summed E-state index contributed by atoms with van der Waals surface area (Å²) in [4.78, 5) is 2.53. The van der Waals surface area contributed by atoms with Gasteiger partial charge in [-0.05, 0) is 56.9 Å². The van der Waals surface area contributed by atoms with E-state index in [2.05, 4.69) is 36.2 Å². The normalized spacial score (nSPS) is 28.7. The molecule has 3 heteroatoms. The molecule has 19 heavy (non-hydrogen) atoms. The predicted molar refractivity (Wildman–Crippen MR) is 77.2 cm³/mol. The van der Waals surface area contributed by atoms with Crippen LogP contribution in [0.5, 0.6) is 0 Å². The van der Waals surface area contributed by atoms with Gasteiger partial charge in [0.15, 0.2) is 0 Å². The summed E-state index contributed by atoms with van der Waals surface area (Å²) in [7, 11) is 0. The van der Waals surface area contributed by atoms with Crippen molar-refractivity contribution in [3.05, 3.63) is 23.7 Å². The van der Waals surface area contributed by atoms with E-state index in [1.165, 1.54) is 44.7 Å². The van der Waals surface area contributed by atoms with E-state index in [0.29, 0.717) is 12.0 Å². The van der Waals surface area contributed by atoms with Crippen LogP contribution >= 0.6 is 0 Å². The number of nitrogens with one attached hydrogen (secondary N) is 1. The molecule has 2 heterocycles. The Bertz CT molecular complexity index is 407. The van der Waals surface area contributed by atoms with E-state index >= 15 is 0 Å². The maximum absolute atomic E-state index is 5.94. The van der Waals surface area contributed by atoms with E-state index in [1.54, 1.807) is 0 Å². The first kappa shape index (κ1) is 13.2. The van der Waals surface area contributed by atoms with Crippen LogP contribution in [0.4, 0.5) is 0 Å². The molecule has 2 atom stereocenters. The van der Waals surface area contributed by atoms with E-state index in [1.807, 2.05) is 0 Å². The highest BCUT2D eigenvalue weighted by Gasteiger charge is 2.36. The van der Waals surface area contributed by atoms with Crippen molar-refractivity contribution in [3.63, 3.8) is 0 Å². The summed E-state index contributed by atoms with van der Waals surface area (Å²) in [5.74, 6) is 3.82. The van der Waals surface area contributed by atoms with E-state index in [0.717, 1.165) is 18.2 Å². The van der Waals surface area contributed by atoms with Crippen molar-refractivity contribution < 1.29 is 4.42 Å². The molecule has 1 saturated heterocycles. The lowest BCUT2D eigenvalue weighted by molar-refractivity contribution is 0.204. The molecule has 2 fully saturated rings. The Morgan fingerprint density at radius 3 is 2.68 bits per heavy atom. The van der Waals surface area contributed by atoms with Gasteiger partial charge in [0, 0.05) is 12.0 Å². The van der Waals surface area contributed by atoms with Gasteiger partial charge in [0.05, 0.1) is 6.54 Å². The second-order valence-electron chi connectivity index (χ2n) is 6.21. The van der Waals surface area contributed by atoms with Gasteiger partial charge in [0.2, 0.25) is 0 Å². The summed E-state index contributed by atoms with van der Waals surface area (Å²) in [5.41, 5.74) is 0. The van der Waals surface area contributed by atoms with E-state index < -0.39 is 0 Å². The van der Waals surface area contributed by atoms with Crippen LogP contribution in [0.15, 0.2) is 16.5 Å². The van der Waals surface area contributed by atoms with Gasteiger partial charge in [-0.15, -0.1) is 0 Å². The van der Waals surface area contributed by atoms with E-state index in [4.69, 9.17) is 4.42 Å². The fourth-order valence-electron chi connectivity index (χ4n) is 3.11. The van der Waals surface area contributed by atoms with Gasteiger partial charge in [-0.3, -0.25) is 0 Å². The molecular formula is C16H26N2O. The zero-order valence-corrected chi connectivity index (χ0v) is 12.2. The number of hydrogen-bond donors (Lipinski definition) is 1. The van der Waals surface area contributed by atoms with Crippen molar-refractivity contribution in [3.8, 4) is 0 Å². The minimum absolute atomic E-state index is 0.663. The molecule has 1 saturated carbocycles. The minimum atomic E-state index is 0.663. The van der Waals surface area contributed by atoms with Gasteiger partial charge >= 0.3 is 0 Å². The summed E-state index contributed by atoms with van der Waals surface area (Å²) >= 11 is 0. The molecule has 2 aliphatic rings. The van der Waals surface area contributed by atoms with Gasteiger partial charge in [-0.1, -0.05) is 13.8 Å². The first-order chi connectivity index (χ1) is 9.26. The molecule has 0 radical (unpaired) electrons. The standard InChI is InChI=1S/C16H26N2O/c1-3-18-8-6-13(7-9-18)17-11-14-4-5-16(19-14)15-10-12(15)2/h4-5,12-13,15,17H,3,6-11H2,1-2H3. The molecule has 0 spiro atoms. The SMILES string of the molecule is CCN1CCC(NCc2ccc(C3CC3C)o2)CC1. The molecular weight excluding hydrogens is 236 g/mol. The summed E-state index contributed by atoms with van der Waals surface area (Å²) in [6.07, 6.45) is 3.83. The first-order valence-corrected chi connectivity index (χ1v) is 7.80. The lowest BCUT2D eigenvalue weighted by Crippen LogP contribution is -2.42. The van der Waals surface area contributed by atoms with Crippen molar-refractivity contribution in [2.75, 3.05) is 19.6 Å². The summed E-state index contributed by atoms with van der Waals surface area (Å²) in [5, 5.41) is 3.65. The van der Waals surface area contributed by atoms with Gasteiger partial charge in [-0.25, -0.2) is 0 Å². The number of furan rings is 1. The van der Waals surface area contributed by atoms with Crippen LogP contribution in [0.1, 0.15) is 50.5 Å². The molecule has 1 aromatic heterocycles. The highest BCUT2D eigenvalue weighted by Crippen LogP contribution is 2.47. The summed E-state index contributed by atoms with van der Waals surface area (Å²) < 4.78 is 5.94. The third-order valence-electron chi connectivity index (χ3n) is 4.76. The van der Waals surface area contributed by atoms with Crippen molar-refractivity contribution in [2.24, 2.45) is 5.92 Å². The maximum atomic E-state index is 5.94. The van der Waals surface area contributed by atoms with Gasteiger partial charge < -0.3 is 14.6 Å². The Hall–Kier alpha value is -0.800. The van der Waals surface area contributed by atoms with Crippen molar-refractivity contribution in [2.45, 2.75) is 51.6 Å². The van der Waals surface area contributed by atoms with Gasteiger partial charge in [0.25, 0.3) is 0 Å². The number of hydrogen-bond acceptors (Lipinski definition) is 3. The number of piperidine rings is 1. The fraction of sp³-hybridized carbons (Fsp3) is 0.750. The van der Waals surface area contributed by atoms with Crippen LogP contribution in [-0.2, 0) is 6.54 Å². The minimum Gasteiger partial charge on any atom is -0.464 e. The van der Waals surface area contributed by atoms with Crippen LogP contribution in [0, 0.1) is 5.92 Å². The maximum Gasteiger partial charge on any atom is 0.117 e. The molecule has 106 valence electrons. The van der Waals surface area contributed by atoms with Crippen LogP contribution in [0.2, 0.25) is 0 Å². The molecule has 1 aliphatic carbocycles. The molecule has 1 aromatic rings. The number of rotatable bonds is 5. The van der Waals surface area contributed by atoms with Crippen LogP contribution in [-0.4, -0.2) is 30.6 Å². The molecule has 1 aliphatic heterocycles. The quantitative estimate of drug-likeness (QED) is 0.884. The zero-order valence-electron chi connectivity index (χ0n) is 12.2. The highest BCUT2D eigenvalue weighted by atomic mass is 16.3. The average molecular weight is 262 g/mol. The topological polar surface area (TPSA) is 28.4 Å². The smallest absolute Gasteiger partial charge is 0.117 e. The van der Waals surface area contributed by atoms with E-state index in [-0.39, 0.29) is 0 Å². The van der Waals surface area contributed by atoms with Crippen LogP contribution in [0.3, 0.4) is 0 Å². The van der Waals surface area contributed by atoms with Gasteiger partial charge in [0.1, 0.15) is 11.5 Å². The fourth-order valence-corrected chi connectivity index (χ4v) is 3.11. The monoisotopic (exact) mass is 262 g/mol. The Balaban J connectivity index is 1.43. The Morgan fingerprint density at radius 2 is 2.05 bits per heavy atom. The Labute approximate surface area is 116 Å². The third-order valence-corrected chi connectivity index (χ3v) is 4.76. The van der Waals surface area contributed by atoms with Gasteiger partial charge in [-0.2, -0.15) is 0 Å². The second kappa shape index (κ2) is 5.68. The first-order valence-electron chi connectivity index (χ1n) is 7.80. The van der Waals surface area contributed by atoms with Crippen LogP contribution < -0.4 is 5.32 Å². The summed E-state index contributed by atoms with van der Waals surface area (Å²) in [6.45, 7) is 9.09. The predicted octanol–water partition coefficient (Wildman–Crippen LogP) is 2.98. The molecule has 0 aromatic carbocycles. The average Bonchev–Trinajstić information content (AvgIpc) is 3.00. The molecule has 0 amide bonds. The number of likely N-dealkylation sites (tertiary alicyclic amines) is 1. The Morgan fingerprint density at radius 1 is 1.32 bits per heavy atom. The lowest BCUT2D eigenvalue weighted by Gasteiger charge is -2.31. The molecule has 0 bridgehead atoms. The zero-order chi connectivity index (χ0) is 13.2. The molecule has 3 rings (SSSR count). The largest absolute Gasteiger partial charge is 0.464 e. The van der Waals surface area contributed by atoms with Crippen molar-refractivity contribution in [1.82, 2.24) is 10.2 Å². The third kappa shape index (κ3) is 3.21. The molecule has 1 N–H and O–H groups in total.